The Morgan fingerprint density at radius 3 is 2.55 bits per heavy atom. The van der Waals surface area contributed by atoms with E-state index in [0.717, 1.165) is 12.0 Å². The zero-order valence-corrected chi connectivity index (χ0v) is 17.5. The van der Waals surface area contributed by atoms with Gasteiger partial charge in [0.25, 0.3) is 5.56 Å². The molecular weight excluding hydrogens is 389 g/mol. The molecule has 2 aromatic carbocycles. The van der Waals surface area contributed by atoms with E-state index in [2.05, 4.69) is 10.3 Å². The van der Waals surface area contributed by atoms with E-state index in [1.165, 1.54) is 23.9 Å². The first kappa shape index (κ1) is 21.0. The number of para-hydroxylation sites is 1. The summed E-state index contributed by atoms with van der Waals surface area (Å²) in [5.74, 6) is -0.482. The van der Waals surface area contributed by atoms with Crippen molar-refractivity contribution in [3.63, 3.8) is 0 Å². The number of hydrogen-bond donors (Lipinski definition) is 1. The van der Waals surface area contributed by atoms with Crippen LogP contribution < -0.4 is 10.9 Å². The quantitative estimate of drug-likeness (QED) is 0.463. The van der Waals surface area contributed by atoms with Crippen molar-refractivity contribution < 1.29 is 9.18 Å². The molecule has 0 aliphatic heterocycles. The number of halogens is 1. The zero-order valence-electron chi connectivity index (χ0n) is 16.7. The summed E-state index contributed by atoms with van der Waals surface area (Å²) in [6.07, 6.45) is 0.787. The molecule has 1 heterocycles. The average Bonchev–Trinajstić information content (AvgIpc) is 2.71. The molecule has 7 heteroatoms. The largest absolute Gasteiger partial charge is 0.349 e. The monoisotopic (exact) mass is 413 g/mol. The molecule has 0 aliphatic carbocycles. The average molecular weight is 414 g/mol. The topological polar surface area (TPSA) is 64.0 Å². The van der Waals surface area contributed by atoms with Gasteiger partial charge in [-0.1, -0.05) is 43.0 Å². The van der Waals surface area contributed by atoms with Crippen LogP contribution in [-0.4, -0.2) is 20.7 Å². The minimum atomic E-state index is -0.450. The number of benzene rings is 2. The van der Waals surface area contributed by atoms with Crippen LogP contribution in [0.5, 0.6) is 0 Å². The van der Waals surface area contributed by atoms with Gasteiger partial charge in [-0.2, -0.15) is 0 Å². The molecular formula is C22H24FN3O2S. The van der Waals surface area contributed by atoms with Gasteiger partial charge in [0.15, 0.2) is 5.16 Å². The van der Waals surface area contributed by atoms with E-state index in [-0.39, 0.29) is 23.3 Å². The van der Waals surface area contributed by atoms with Gasteiger partial charge in [-0.05, 0) is 50.1 Å². The third-order valence-electron chi connectivity index (χ3n) is 4.65. The molecule has 3 rings (SSSR count). The third-order valence-corrected chi connectivity index (χ3v) is 5.74. The number of aromatic nitrogens is 2. The first-order valence-electron chi connectivity index (χ1n) is 9.62. The van der Waals surface area contributed by atoms with Crippen LogP contribution in [0.1, 0.15) is 38.8 Å². The van der Waals surface area contributed by atoms with Gasteiger partial charge in [0.2, 0.25) is 5.91 Å². The SMILES string of the molecule is CCCn1c(S[C@@H](C)C(=O)N[C@@H](C)c2ccc(F)cc2)nc2ccccc2c1=O. The maximum absolute atomic E-state index is 13.1. The molecule has 152 valence electrons. The summed E-state index contributed by atoms with van der Waals surface area (Å²) >= 11 is 1.27. The summed E-state index contributed by atoms with van der Waals surface area (Å²) in [5, 5.41) is 3.60. The van der Waals surface area contributed by atoms with Gasteiger partial charge in [-0.15, -0.1) is 0 Å². The number of hydrogen-bond acceptors (Lipinski definition) is 4. The van der Waals surface area contributed by atoms with Crippen molar-refractivity contribution in [2.24, 2.45) is 0 Å². The second kappa shape index (κ2) is 9.22. The summed E-state index contributed by atoms with van der Waals surface area (Å²) in [5.41, 5.74) is 1.36. The number of nitrogens with one attached hydrogen (secondary N) is 1. The van der Waals surface area contributed by atoms with E-state index in [4.69, 9.17) is 0 Å². The highest BCUT2D eigenvalue weighted by molar-refractivity contribution is 8.00. The van der Waals surface area contributed by atoms with Gasteiger partial charge in [-0.25, -0.2) is 9.37 Å². The second-order valence-corrected chi connectivity index (χ2v) is 8.22. The van der Waals surface area contributed by atoms with Gasteiger partial charge < -0.3 is 5.32 Å². The van der Waals surface area contributed by atoms with E-state index >= 15 is 0 Å². The Morgan fingerprint density at radius 2 is 1.86 bits per heavy atom. The molecule has 0 spiro atoms. The molecule has 0 unspecified atom stereocenters. The normalized spacial score (nSPS) is 13.2. The number of rotatable bonds is 7. The maximum Gasteiger partial charge on any atom is 0.262 e. The molecule has 0 saturated carbocycles. The summed E-state index contributed by atoms with van der Waals surface area (Å²) in [4.78, 5) is 30.2. The Labute approximate surface area is 173 Å². The van der Waals surface area contributed by atoms with E-state index in [0.29, 0.717) is 22.6 Å². The number of carbonyl (C=O) groups is 1. The summed E-state index contributed by atoms with van der Waals surface area (Å²) in [6, 6.07) is 13.0. The zero-order chi connectivity index (χ0) is 21.0. The molecule has 1 amide bonds. The summed E-state index contributed by atoms with van der Waals surface area (Å²) < 4.78 is 14.7. The van der Waals surface area contributed by atoms with Crippen LogP contribution in [0.25, 0.3) is 10.9 Å². The van der Waals surface area contributed by atoms with Crippen molar-refractivity contribution in [1.82, 2.24) is 14.9 Å². The Bertz CT molecular complexity index is 1070. The van der Waals surface area contributed by atoms with Crippen molar-refractivity contribution in [3.05, 3.63) is 70.3 Å². The smallest absolute Gasteiger partial charge is 0.262 e. The van der Waals surface area contributed by atoms with Crippen LogP contribution in [0.3, 0.4) is 0 Å². The molecule has 0 aliphatic rings. The lowest BCUT2D eigenvalue weighted by Crippen LogP contribution is -2.34. The molecule has 0 fully saturated rings. The van der Waals surface area contributed by atoms with Crippen LogP contribution >= 0.6 is 11.8 Å². The third kappa shape index (κ3) is 4.85. The van der Waals surface area contributed by atoms with Gasteiger partial charge in [0.1, 0.15) is 5.82 Å². The van der Waals surface area contributed by atoms with Crippen LogP contribution in [0.4, 0.5) is 4.39 Å². The van der Waals surface area contributed by atoms with Crippen LogP contribution in [-0.2, 0) is 11.3 Å². The van der Waals surface area contributed by atoms with Gasteiger partial charge in [-0.3, -0.25) is 14.2 Å². The predicted molar refractivity (Wildman–Crippen MR) is 115 cm³/mol. The first-order chi connectivity index (χ1) is 13.9. The molecule has 29 heavy (non-hydrogen) atoms. The maximum atomic E-state index is 13.1. The van der Waals surface area contributed by atoms with Crippen LogP contribution in [0, 0.1) is 5.82 Å². The van der Waals surface area contributed by atoms with E-state index in [1.54, 1.807) is 35.8 Å². The summed E-state index contributed by atoms with van der Waals surface area (Å²) in [7, 11) is 0. The number of fused-ring (bicyclic) bond motifs is 1. The molecule has 1 aromatic heterocycles. The fourth-order valence-electron chi connectivity index (χ4n) is 3.04. The highest BCUT2D eigenvalue weighted by Gasteiger charge is 2.21. The molecule has 2 atom stereocenters. The fourth-order valence-corrected chi connectivity index (χ4v) is 3.98. The standard InChI is InChI=1S/C22H24FN3O2S/c1-4-13-26-21(28)18-7-5-6-8-19(18)25-22(26)29-15(3)20(27)24-14(2)16-9-11-17(23)12-10-16/h5-12,14-15H,4,13H2,1-3H3,(H,24,27)/t14-,15-/m0/s1. The van der Waals surface area contributed by atoms with Crippen LogP contribution in [0.2, 0.25) is 0 Å². The van der Waals surface area contributed by atoms with Crippen molar-refractivity contribution in [1.29, 1.82) is 0 Å². The highest BCUT2D eigenvalue weighted by atomic mass is 32.2. The van der Waals surface area contributed by atoms with Crippen molar-refractivity contribution >= 4 is 28.6 Å². The summed E-state index contributed by atoms with van der Waals surface area (Å²) in [6.45, 7) is 6.18. The van der Waals surface area contributed by atoms with E-state index < -0.39 is 5.25 Å². The predicted octanol–water partition coefficient (Wildman–Crippen LogP) is 4.30. The minimum absolute atomic E-state index is 0.0905. The van der Waals surface area contributed by atoms with Crippen LogP contribution in [0.15, 0.2) is 58.5 Å². The molecule has 1 N–H and O–H groups in total. The van der Waals surface area contributed by atoms with E-state index in [9.17, 15) is 14.0 Å². The number of nitrogens with zero attached hydrogens (tertiary/aromatic N) is 2. The number of carbonyl (C=O) groups excluding carboxylic acids is 1. The van der Waals surface area contributed by atoms with Crippen molar-refractivity contribution in [3.8, 4) is 0 Å². The fraction of sp³-hybridized carbons (Fsp3) is 0.318. The lowest BCUT2D eigenvalue weighted by molar-refractivity contribution is -0.120. The second-order valence-electron chi connectivity index (χ2n) is 6.91. The molecule has 5 nitrogen and oxygen atoms in total. The minimum Gasteiger partial charge on any atom is -0.349 e. The molecule has 0 bridgehead atoms. The Kier molecular flexibility index (Phi) is 6.69. The first-order valence-corrected chi connectivity index (χ1v) is 10.5. The van der Waals surface area contributed by atoms with Crippen molar-refractivity contribution in [2.45, 2.75) is 50.2 Å². The van der Waals surface area contributed by atoms with Gasteiger partial charge in [0.05, 0.1) is 22.2 Å². The Hall–Kier alpha value is -2.67. The van der Waals surface area contributed by atoms with Crippen molar-refractivity contribution in [2.75, 3.05) is 0 Å². The molecule has 0 radical (unpaired) electrons. The Balaban J connectivity index is 1.80. The van der Waals surface area contributed by atoms with E-state index in [1.807, 2.05) is 26.0 Å². The Morgan fingerprint density at radius 1 is 1.17 bits per heavy atom. The molecule has 3 aromatic rings. The molecule has 0 saturated heterocycles. The number of amides is 1. The number of thioether (sulfide) groups is 1. The van der Waals surface area contributed by atoms with Gasteiger partial charge >= 0.3 is 0 Å². The van der Waals surface area contributed by atoms with Gasteiger partial charge in [0, 0.05) is 6.54 Å². The lowest BCUT2D eigenvalue weighted by Gasteiger charge is -2.19. The lowest BCUT2D eigenvalue weighted by atomic mass is 10.1. The highest BCUT2D eigenvalue weighted by Crippen LogP contribution is 2.24.